The molecule has 0 saturated heterocycles. The molecule has 21 heavy (non-hydrogen) atoms. The maximum absolute atomic E-state index is 11.1. The van der Waals surface area contributed by atoms with Crippen LogP contribution in [0.1, 0.15) is 12.5 Å². The Balaban J connectivity index is 2.92. The zero-order valence-corrected chi connectivity index (χ0v) is 11.1. The number of ether oxygens (including phenoxy) is 2. The number of aliphatic carboxylic acids is 1. The summed E-state index contributed by atoms with van der Waals surface area (Å²) in [6, 6.07) is 3.80. The van der Waals surface area contributed by atoms with Gasteiger partial charge in [-0.1, -0.05) is 12.1 Å². The largest absolute Gasteiger partial charge is 0.545 e. The second-order valence-corrected chi connectivity index (χ2v) is 3.73. The summed E-state index contributed by atoms with van der Waals surface area (Å²) in [4.78, 5) is 31.7. The van der Waals surface area contributed by atoms with E-state index in [4.69, 9.17) is 4.74 Å². The van der Waals surface area contributed by atoms with Crippen LogP contribution in [0.15, 0.2) is 24.3 Å². The third-order valence-corrected chi connectivity index (χ3v) is 2.24. The van der Waals surface area contributed by atoms with Gasteiger partial charge in [-0.2, -0.15) is 0 Å². The van der Waals surface area contributed by atoms with Gasteiger partial charge in [-0.05, 0) is 24.6 Å². The molecule has 8 nitrogen and oxygen atoms in total. The van der Waals surface area contributed by atoms with Gasteiger partial charge in [-0.25, -0.2) is 4.79 Å². The van der Waals surface area contributed by atoms with Crippen LogP contribution in [0.4, 0.5) is 5.69 Å². The first-order valence-electron chi connectivity index (χ1n) is 5.90. The van der Waals surface area contributed by atoms with Crippen molar-refractivity contribution in [2.75, 3.05) is 13.2 Å². The molecule has 112 valence electrons. The molecule has 0 unspecified atom stereocenters. The van der Waals surface area contributed by atoms with Gasteiger partial charge in [0.1, 0.15) is 0 Å². The van der Waals surface area contributed by atoms with Crippen LogP contribution in [0.3, 0.4) is 0 Å². The van der Waals surface area contributed by atoms with E-state index in [0.717, 1.165) is 18.2 Å². The van der Waals surface area contributed by atoms with Crippen LogP contribution in [-0.4, -0.2) is 30.1 Å². The molecule has 0 atom stereocenters. The van der Waals surface area contributed by atoms with Gasteiger partial charge in [0.2, 0.25) is 0 Å². The number of rotatable bonds is 7. The highest BCUT2D eigenvalue weighted by Crippen LogP contribution is 2.28. The van der Waals surface area contributed by atoms with Crippen LogP contribution in [0.25, 0.3) is 6.08 Å². The fourth-order valence-electron chi connectivity index (χ4n) is 1.41. The van der Waals surface area contributed by atoms with Crippen molar-refractivity contribution < 1.29 is 29.1 Å². The van der Waals surface area contributed by atoms with Crippen LogP contribution in [0.2, 0.25) is 0 Å². The van der Waals surface area contributed by atoms with Gasteiger partial charge in [0.15, 0.2) is 12.4 Å². The van der Waals surface area contributed by atoms with Crippen molar-refractivity contribution in [1.82, 2.24) is 0 Å². The molecule has 0 aliphatic heterocycles. The van der Waals surface area contributed by atoms with Crippen molar-refractivity contribution in [3.8, 4) is 5.75 Å². The Kier molecular flexibility index (Phi) is 5.87. The lowest BCUT2D eigenvalue weighted by molar-refractivity contribution is -0.385. The van der Waals surface area contributed by atoms with Crippen molar-refractivity contribution >= 4 is 23.7 Å². The Morgan fingerprint density at radius 1 is 1.38 bits per heavy atom. The van der Waals surface area contributed by atoms with Gasteiger partial charge >= 0.3 is 11.7 Å². The van der Waals surface area contributed by atoms with Crippen molar-refractivity contribution in [3.05, 3.63) is 40.0 Å². The Morgan fingerprint density at radius 3 is 2.67 bits per heavy atom. The van der Waals surface area contributed by atoms with E-state index in [2.05, 4.69) is 4.74 Å². The number of hydrogen-bond acceptors (Lipinski definition) is 7. The first-order valence-corrected chi connectivity index (χ1v) is 5.90. The summed E-state index contributed by atoms with van der Waals surface area (Å²) in [5.41, 5.74) is -0.103. The third-order valence-electron chi connectivity index (χ3n) is 2.24. The SMILES string of the molecule is CCOC(=O)COc1ccc(/C=C/C(=O)[O-])cc1[N+](=O)[O-]. The van der Waals surface area contributed by atoms with Crippen molar-refractivity contribution in [2.24, 2.45) is 0 Å². The number of hydrogen-bond donors (Lipinski definition) is 0. The second kappa shape index (κ2) is 7.63. The number of nitro benzene ring substituents is 1. The van der Waals surface area contributed by atoms with Gasteiger partial charge in [0.05, 0.1) is 17.5 Å². The minimum Gasteiger partial charge on any atom is -0.545 e. The molecule has 1 aromatic rings. The lowest BCUT2D eigenvalue weighted by Gasteiger charge is -2.07. The fourth-order valence-corrected chi connectivity index (χ4v) is 1.41. The van der Waals surface area contributed by atoms with E-state index in [0.29, 0.717) is 0 Å². The number of carbonyl (C=O) groups excluding carboxylic acids is 2. The van der Waals surface area contributed by atoms with Gasteiger partial charge in [0.25, 0.3) is 0 Å². The Labute approximate surface area is 119 Å². The van der Waals surface area contributed by atoms with E-state index in [1.807, 2.05) is 0 Å². The van der Waals surface area contributed by atoms with Gasteiger partial charge in [-0.3, -0.25) is 10.1 Å². The molecule has 0 fully saturated rings. The molecule has 0 saturated carbocycles. The second-order valence-electron chi connectivity index (χ2n) is 3.73. The summed E-state index contributed by atoms with van der Waals surface area (Å²) in [6.07, 6.45) is 1.90. The molecule has 0 N–H and O–H groups in total. The van der Waals surface area contributed by atoms with E-state index in [1.54, 1.807) is 6.92 Å². The van der Waals surface area contributed by atoms with Crippen LogP contribution in [0, 0.1) is 10.1 Å². The Bertz CT molecular complexity index is 580. The molecule has 0 heterocycles. The molecule has 1 aromatic carbocycles. The van der Waals surface area contributed by atoms with Gasteiger partial charge in [0, 0.05) is 6.07 Å². The number of carboxylic acid groups (broad SMARTS) is 1. The molecule has 0 spiro atoms. The third kappa shape index (κ3) is 5.31. The smallest absolute Gasteiger partial charge is 0.344 e. The average molecular weight is 294 g/mol. The lowest BCUT2D eigenvalue weighted by atomic mass is 10.1. The summed E-state index contributed by atoms with van der Waals surface area (Å²) in [5, 5.41) is 21.2. The summed E-state index contributed by atoms with van der Waals surface area (Å²) in [6.45, 7) is 1.35. The maximum Gasteiger partial charge on any atom is 0.344 e. The number of nitrogens with zero attached hydrogens (tertiary/aromatic N) is 1. The molecule has 0 radical (unpaired) electrons. The predicted octanol–water partition coefficient (Wildman–Crippen LogP) is 0.300. The number of nitro groups is 1. The maximum atomic E-state index is 11.1. The zero-order valence-electron chi connectivity index (χ0n) is 11.1. The normalized spacial score (nSPS) is 10.3. The van der Waals surface area contributed by atoms with E-state index in [9.17, 15) is 24.8 Å². The molecule has 0 aromatic heterocycles. The van der Waals surface area contributed by atoms with Crippen LogP contribution in [-0.2, 0) is 14.3 Å². The highest BCUT2D eigenvalue weighted by Gasteiger charge is 2.16. The van der Waals surface area contributed by atoms with Crippen LogP contribution in [0.5, 0.6) is 5.75 Å². The van der Waals surface area contributed by atoms with Crippen LogP contribution < -0.4 is 9.84 Å². The number of carbonyl (C=O) groups is 2. The molecular weight excluding hydrogens is 282 g/mol. The summed E-state index contributed by atoms with van der Waals surface area (Å²) in [7, 11) is 0. The lowest BCUT2D eigenvalue weighted by Crippen LogP contribution is -2.18. The summed E-state index contributed by atoms with van der Waals surface area (Å²) in [5.74, 6) is -2.17. The Morgan fingerprint density at radius 2 is 2.10 bits per heavy atom. The quantitative estimate of drug-likeness (QED) is 0.307. The first-order chi connectivity index (χ1) is 9.93. The molecule has 0 amide bonds. The van der Waals surface area contributed by atoms with Gasteiger partial charge < -0.3 is 19.4 Å². The highest BCUT2D eigenvalue weighted by molar-refractivity contribution is 5.83. The highest BCUT2D eigenvalue weighted by atomic mass is 16.6. The standard InChI is InChI=1S/C13H13NO7/c1-2-20-13(17)8-21-11-5-3-9(4-6-12(15)16)7-10(11)14(18)19/h3-7H,2,8H2,1H3,(H,15,16)/p-1/b6-4+. The average Bonchev–Trinajstić information content (AvgIpc) is 2.43. The predicted molar refractivity (Wildman–Crippen MR) is 69.3 cm³/mol. The van der Waals surface area contributed by atoms with Crippen molar-refractivity contribution in [3.63, 3.8) is 0 Å². The molecule has 0 aliphatic rings. The van der Waals surface area contributed by atoms with E-state index in [-0.39, 0.29) is 23.6 Å². The minimum atomic E-state index is -1.42. The van der Waals surface area contributed by atoms with Crippen molar-refractivity contribution in [2.45, 2.75) is 6.92 Å². The monoisotopic (exact) mass is 294 g/mol. The number of benzene rings is 1. The fraction of sp³-hybridized carbons (Fsp3) is 0.231. The summed E-state index contributed by atoms with van der Waals surface area (Å²) < 4.78 is 9.66. The van der Waals surface area contributed by atoms with E-state index < -0.39 is 23.5 Å². The molecule has 0 aliphatic carbocycles. The van der Waals surface area contributed by atoms with Gasteiger partial charge in [-0.15, -0.1) is 0 Å². The number of esters is 1. The van der Waals surface area contributed by atoms with Crippen LogP contribution >= 0.6 is 0 Å². The molecule has 0 bridgehead atoms. The molecular formula is C13H12NO7-. The minimum absolute atomic E-state index is 0.112. The van der Waals surface area contributed by atoms with E-state index >= 15 is 0 Å². The zero-order chi connectivity index (χ0) is 15.8. The van der Waals surface area contributed by atoms with E-state index in [1.165, 1.54) is 12.1 Å². The van der Waals surface area contributed by atoms with Crippen molar-refractivity contribution in [1.29, 1.82) is 0 Å². The summed E-state index contributed by atoms with van der Waals surface area (Å²) >= 11 is 0. The topological polar surface area (TPSA) is 119 Å². The first kappa shape index (κ1) is 16.2. The Hall–Kier alpha value is -2.90. The molecule has 1 rings (SSSR count). The molecule has 8 heteroatoms. The number of carboxylic acids is 1.